The minimum Gasteiger partial charge on any atom is -0.355 e. The molecule has 6 heteroatoms. The van der Waals surface area contributed by atoms with Gasteiger partial charge in [-0.25, -0.2) is 0 Å². The summed E-state index contributed by atoms with van der Waals surface area (Å²) in [7, 11) is 0. The van der Waals surface area contributed by atoms with Crippen LogP contribution in [0.3, 0.4) is 0 Å². The maximum absolute atomic E-state index is 12.9. The van der Waals surface area contributed by atoms with Crippen molar-refractivity contribution in [3.63, 3.8) is 0 Å². The highest BCUT2D eigenvalue weighted by atomic mass is 35.5. The highest BCUT2D eigenvalue weighted by Crippen LogP contribution is 2.48. The van der Waals surface area contributed by atoms with E-state index >= 15 is 0 Å². The van der Waals surface area contributed by atoms with E-state index in [0.717, 1.165) is 43.5 Å². The van der Waals surface area contributed by atoms with Crippen molar-refractivity contribution in [1.82, 2.24) is 15.2 Å². The average Bonchev–Trinajstić information content (AvgIpc) is 3.55. The van der Waals surface area contributed by atoms with Crippen LogP contribution in [-0.4, -0.2) is 41.3 Å². The van der Waals surface area contributed by atoms with Crippen molar-refractivity contribution < 1.29 is 9.59 Å². The van der Waals surface area contributed by atoms with Crippen molar-refractivity contribution in [2.75, 3.05) is 19.6 Å². The minimum atomic E-state index is -0.401. The highest BCUT2D eigenvalue weighted by Gasteiger charge is 2.51. The van der Waals surface area contributed by atoms with Gasteiger partial charge in [0, 0.05) is 36.5 Å². The average molecular weight is 412 g/mol. The highest BCUT2D eigenvalue weighted by molar-refractivity contribution is 6.30. The van der Waals surface area contributed by atoms with E-state index < -0.39 is 5.41 Å². The fourth-order valence-electron chi connectivity index (χ4n) is 4.24. The van der Waals surface area contributed by atoms with Crippen LogP contribution in [0.4, 0.5) is 0 Å². The number of likely N-dealkylation sites (tertiary alicyclic amines) is 1. The summed E-state index contributed by atoms with van der Waals surface area (Å²) in [6.45, 7) is 3.89. The largest absolute Gasteiger partial charge is 0.355 e. The first-order valence-corrected chi connectivity index (χ1v) is 10.6. The smallest absolute Gasteiger partial charge is 0.255 e. The lowest BCUT2D eigenvalue weighted by molar-refractivity contribution is -0.123. The van der Waals surface area contributed by atoms with Crippen molar-refractivity contribution >= 4 is 23.4 Å². The second kappa shape index (κ2) is 8.15. The Morgan fingerprint density at radius 2 is 2.00 bits per heavy atom. The Hall–Kier alpha value is -2.40. The van der Waals surface area contributed by atoms with Crippen LogP contribution in [0.25, 0.3) is 0 Å². The molecule has 1 aromatic carbocycles. The second-order valence-corrected chi connectivity index (χ2v) is 8.63. The van der Waals surface area contributed by atoms with E-state index in [1.807, 2.05) is 42.2 Å². The molecule has 2 fully saturated rings. The summed E-state index contributed by atoms with van der Waals surface area (Å²) in [5.74, 6) is 0.396. The Balaban J connectivity index is 1.35. The van der Waals surface area contributed by atoms with Gasteiger partial charge in [-0.15, -0.1) is 0 Å². The van der Waals surface area contributed by atoms with Crippen LogP contribution in [0.15, 0.2) is 42.6 Å². The third-order valence-corrected chi connectivity index (χ3v) is 6.43. The number of amides is 2. The number of hydrogen-bond donors (Lipinski definition) is 1. The molecule has 4 rings (SSSR count). The fraction of sp³-hybridized carbons (Fsp3) is 0.435. The monoisotopic (exact) mass is 411 g/mol. The first-order chi connectivity index (χ1) is 14.0. The number of aromatic nitrogens is 1. The van der Waals surface area contributed by atoms with E-state index in [0.29, 0.717) is 23.7 Å². The van der Waals surface area contributed by atoms with Gasteiger partial charge in [0.25, 0.3) is 5.91 Å². The molecule has 1 atom stereocenters. The predicted octanol–water partition coefficient (Wildman–Crippen LogP) is 3.74. The molecule has 1 N–H and O–H groups in total. The second-order valence-electron chi connectivity index (χ2n) is 8.19. The number of carbonyl (C=O) groups is 2. The molecule has 2 heterocycles. The number of pyridine rings is 1. The zero-order valence-electron chi connectivity index (χ0n) is 16.7. The van der Waals surface area contributed by atoms with Gasteiger partial charge in [-0.1, -0.05) is 23.7 Å². The van der Waals surface area contributed by atoms with Crippen LogP contribution >= 0.6 is 11.6 Å². The van der Waals surface area contributed by atoms with Crippen molar-refractivity contribution in [3.05, 3.63) is 64.4 Å². The molecule has 1 saturated heterocycles. The number of halogens is 1. The maximum Gasteiger partial charge on any atom is 0.255 e. The number of benzene rings is 1. The molecule has 29 heavy (non-hydrogen) atoms. The zero-order chi connectivity index (χ0) is 20.4. The summed E-state index contributed by atoms with van der Waals surface area (Å²) < 4.78 is 0. The SMILES string of the molecule is Cc1ncccc1C(=O)N1CCC[C@@H](CNC(=O)C2(c3ccc(Cl)cc3)CC2)C1. The molecule has 2 amide bonds. The summed E-state index contributed by atoms with van der Waals surface area (Å²) in [5.41, 5.74) is 2.05. The molecule has 1 aliphatic carbocycles. The first kappa shape index (κ1) is 19.9. The molecule has 0 radical (unpaired) electrons. The standard InChI is InChI=1S/C23H26ClN3O2/c1-16-20(5-2-12-25-16)21(28)27-13-3-4-17(15-27)14-26-22(29)23(10-11-23)18-6-8-19(24)9-7-18/h2,5-9,12,17H,3-4,10-11,13-15H2,1H3,(H,26,29)/t17-/m0/s1. The van der Waals surface area contributed by atoms with Gasteiger partial charge < -0.3 is 10.2 Å². The maximum atomic E-state index is 12.9. The van der Waals surface area contributed by atoms with Crippen molar-refractivity contribution in [1.29, 1.82) is 0 Å². The molecular weight excluding hydrogens is 386 g/mol. The van der Waals surface area contributed by atoms with Crippen LogP contribution in [0.1, 0.15) is 47.3 Å². The molecule has 1 aliphatic heterocycles. The van der Waals surface area contributed by atoms with Gasteiger partial charge in [0.05, 0.1) is 11.0 Å². The Morgan fingerprint density at radius 3 is 2.69 bits per heavy atom. The van der Waals surface area contributed by atoms with Gasteiger partial charge >= 0.3 is 0 Å². The van der Waals surface area contributed by atoms with Crippen molar-refractivity contribution in [3.8, 4) is 0 Å². The normalized spacial score (nSPS) is 20.2. The van der Waals surface area contributed by atoms with Crippen LogP contribution < -0.4 is 5.32 Å². The third kappa shape index (κ3) is 4.15. The van der Waals surface area contributed by atoms with Crippen LogP contribution in [0.2, 0.25) is 5.02 Å². The zero-order valence-corrected chi connectivity index (χ0v) is 17.4. The Labute approximate surface area is 176 Å². The molecule has 1 saturated carbocycles. The summed E-state index contributed by atoms with van der Waals surface area (Å²) in [6.07, 6.45) is 5.42. The Kier molecular flexibility index (Phi) is 5.59. The Morgan fingerprint density at radius 1 is 1.24 bits per heavy atom. The van der Waals surface area contributed by atoms with Gasteiger partial charge in [-0.3, -0.25) is 14.6 Å². The van der Waals surface area contributed by atoms with Gasteiger partial charge in [0.15, 0.2) is 0 Å². The van der Waals surface area contributed by atoms with E-state index in [1.54, 1.807) is 12.3 Å². The molecule has 0 bridgehead atoms. The molecule has 5 nitrogen and oxygen atoms in total. The third-order valence-electron chi connectivity index (χ3n) is 6.18. The van der Waals surface area contributed by atoms with E-state index in [1.165, 1.54) is 0 Å². The topological polar surface area (TPSA) is 62.3 Å². The summed E-state index contributed by atoms with van der Waals surface area (Å²) in [6, 6.07) is 11.2. The van der Waals surface area contributed by atoms with Crippen molar-refractivity contribution in [2.24, 2.45) is 5.92 Å². The molecule has 2 aliphatic rings. The Bertz CT molecular complexity index is 909. The van der Waals surface area contributed by atoms with E-state index in [4.69, 9.17) is 11.6 Å². The molecule has 0 unspecified atom stereocenters. The fourth-order valence-corrected chi connectivity index (χ4v) is 4.37. The number of nitrogens with zero attached hydrogens (tertiary/aromatic N) is 2. The number of carbonyl (C=O) groups excluding carboxylic acids is 2. The van der Waals surface area contributed by atoms with Gasteiger partial charge in [-0.05, 0) is 68.4 Å². The molecule has 0 spiro atoms. The number of rotatable bonds is 5. The number of piperidine rings is 1. The lowest BCUT2D eigenvalue weighted by Gasteiger charge is -2.33. The summed E-state index contributed by atoms with van der Waals surface area (Å²) in [4.78, 5) is 31.9. The summed E-state index contributed by atoms with van der Waals surface area (Å²) >= 11 is 5.98. The van der Waals surface area contributed by atoms with E-state index in [-0.39, 0.29) is 17.7 Å². The lowest BCUT2D eigenvalue weighted by atomic mass is 9.93. The van der Waals surface area contributed by atoms with Crippen LogP contribution in [0.5, 0.6) is 0 Å². The minimum absolute atomic E-state index is 0.0338. The summed E-state index contributed by atoms with van der Waals surface area (Å²) in [5, 5.41) is 3.84. The quantitative estimate of drug-likeness (QED) is 0.815. The van der Waals surface area contributed by atoms with Gasteiger partial charge in [0.2, 0.25) is 5.91 Å². The molecule has 1 aromatic heterocycles. The van der Waals surface area contributed by atoms with Crippen LogP contribution in [0, 0.1) is 12.8 Å². The predicted molar refractivity (Wildman–Crippen MR) is 113 cm³/mol. The van der Waals surface area contributed by atoms with Crippen LogP contribution in [-0.2, 0) is 10.2 Å². The molecule has 2 aromatic rings. The lowest BCUT2D eigenvalue weighted by Crippen LogP contribution is -2.45. The van der Waals surface area contributed by atoms with E-state index in [2.05, 4.69) is 10.3 Å². The molecule has 152 valence electrons. The number of hydrogen-bond acceptors (Lipinski definition) is 3. The van der Waals surface area contributed by atoms with Gasteiger partial charge in [0.1, 0.15) is 0 Å². The molecular formula is C23H26ClN3O2. The number of aryl methyl sites for hydroxylation is 1. The van der Waals surface area contributed by atoms with E-state index in [9.17, 15) is 9.59 Å². The van der Waals surface area contributed by atoms with Gasteiger partial charge in [-0.2, -0.15) is 0 Å². The number of nitrogens with one attached hydrogen (secondary N) is 1. The first-order valence-electron chi connectivity index (χ1n) is 10.2. The van der Waals surface area contributed by atoms with Crippen molar-refractivity contribution in [2.45, 2.75) is 38.0 Å².